The highest BCUT2D eigenvalue weighted by Crippen LogP contribution is 2.29. The summed E-state index contributed by atoms with van der Waals surface area (Å²) in [5, 5.41) is 5.48. The topological polar surface area (TPSA) is 51.2 Å². The number of nitrogens with zero attached hydrogens (tertiary/aromatic N) is 1. The molecule has 0 saturated heterocycles. The summed E-state index contributed by atoms with van der Waals surface area (Å²) < 4.78 is 5.67. The van der Waals surface area contributed by atoms with Gasteiger partial charge in [-0.05, 0) is 73.1 Å². The highest BCUT2D eigenvalue weighted by Gasteiger charge is 2.12. The Kier molecular flexibility index (Phi) is 7.15. The van der Waals surface area contributed by atoms with Crippen LogP contribution in [0.5, 0.6) is 5.75 Å². The van der Waals surface area contributed by atoms with E-state index in [1.807, 2.05) is 29.6 Å². The molecule has 1 aromatic heterocycles. The number of amides is 1. The van der Waals surface area contributed by atoms with Crippen LogP contribution < -0.4 is 10.1 Å². The molecular weight excluding hydrogens is 404 g/mol. The third-order valence-electron chi connectivity index (χ3n) is 5.45. The number of nitrogens with one attached hydrogen (secondary N) is 1. The van der Waals surface area contributed by atoms with Crippen LogP contribution in [0.25, 0.3) is 17.3 Å². The number of aryl methyl sites for hydroxylation is 2. The Bertz CT molecular complexity index is 1050. The summed E-state index contributed by atoms with van der Waals surface area (Å²) in [5.74, 6) is 0.669. The average molecular weight is 433 g/mol. The molecule has 5 heteroatoms. The van der Waals surface area contributed by atoms with E-state index in [-0.39, 0.29) is 5.91 Å². The van der Waals surface area contributed by atoms with Crippen LogP contribution in [0.15, 0.2) is 53.9 Å². The summed E-state index contributed by atoms with van der Waals surface area (Å²) in [6.45, 7) is 2.87. The molecule has 0 spiro atoms. The first-order valence-corrected chi connectivity index (χ1v) is 11.9. The quantitative estimate of drug-likeness (QED) is 0.326. The molecule has 0 atom stereocenters. The van der Waals surface area contributed by atoms with Crippen LogP contribution in [0.1, 0.15) is 49.3 Å². The molecule has 1 N–H and O–H groups in total. The highest BCUT2D eigenvalue weighted by atomic mass is 32.1. The Morgan fingerprint density at radius 3 is 2.74 bits per heavy atom. The van der Waals surface area contributed by atoms with Gasteiger partial charge in [-0.3, -0.25) is 10.1 Å². The van der Waals surface area contributed by atoms with Gasteiger partial charge in [0.15, 0.2) is 5.13 Å². The maximum Gasteiger partial charge on any atom is 0.250 e. The minimum absolute atomic E-state index is 0.186. The van der Waals surface area contributed by atoms with Crippen molar-refractivity contribution in [1.29, 1.82) is 0 Å². The number of hydrogen-bond acceptors (Lipinski definition) is 4. The number of ether oxygens (including phenoxy) is 1. The minimum atomic E-state index is -0.186. The van der Waals surface area contributed by atoms with Crippen molar-refractivity contribution in [2.45, 2.75) is 45.4 Å². The summed E-state index contributed by atoms with van der Waals surface area (Å²) in [5.41, 5.74) is 5.88. The predicted molar refractivity (Wildman–Crippen MR) is 129 cm³/mol. The van der Waals surface area contributed by atoms with E-state index in [4.69, 9.17) is 4.74 Å². The van der Waals surface area contributed by atoms with Crippen molar-refractivity contribution in [2.24, 2.45) is 0 Å². The number of carbonyl (C=O) groups excluding carboxylic acids is 1. The molecule has 0 radical (unpaired) electrons. The van der Waals surface area contributed by atoms with E-state index in [1.165, 1.54) is 47.8 Å². The van der Waals surface area contributed by atoms with Gasteiger partial charge in [0, 0.05) is 17.0 Å². The molecule has 0 aliphatic heterocycles. The van der Waals surface area contributed by atoms with Gasteiger partial charge in [-0.25, -0.2) is 4.98 Å². The van der Waals surface area contributed by atoms with E-state index in [9.17, 15) is 4.79 Å². The van der Waals surface area contributed by atoms with Crippen LogP contribution in [0.4, 0.5) is 5.13 Å². The lowest BCUT2D eigenvalue weighted by Gasteiger charge is -2.16. The molecule has 1 aliphatic carbocycles. The normalized spacial score (nSPS) is 13.2. The number of fused-ring (bicyclic) bond motifs is 1. The van der Waals surface area contributed by atoms with Crippen LogP contribution in [0.3, 0.4) is 0 Å². The molecule has 2 aromatic carbocycles. The molecule has 0 unspecified atom stereocenters. The predicted octanol–water partition coefficient (Wildman–Crippen LogP) is 6.52. The van der Waals surface area contributed by atoms with Crippen molar-refractivity contribution in [2.75, 3.05) is 11.9 Å². The number of thiazole rings is 1. The summed E-state index contributed by atoms with van der Waals surface area (Å²) in [6, 6.07) is 14.4. The van der Waals surface area contributed by atoms with Crippen LogP contribution in [0.2, 0.25) is 0 Å². The Labute approximate surface area is 188 Å². The van der Waals surface area contributed by atoms with Gasteiger partial charge in [0.2, 0.25) is 5.91 Å². The van der Waals surface area contributed by atoms with Crippen molar-refractivity contribution < 1.29 is 9.53 Å². The second-order valence-electron chi connectivity index (χ2n) is 7.82. The lowest BCUT2D eigenvalue weighted by molar-refractivity contribution is -0.111. The van der Waals surface area contributed by atoms with Gasteiger partial charge < -0.3 is 4.74 Å². The van der Waals surface area contributed by atoms with E-state index < -0.39 is 0 Å². The fraction of sp³-hybridized carbons (Fsp3) is 0.308. The molecule has 3 aromatic rings. The van der Waals surface area contributed by atoms with Crippen LogP contribution in [-0.2, 0) is 17.6 Å². The van der Waals surface area contributed by atoms with Crippen molar-refractivity contribution in [3.8, 4) is 17.0 Å². The lowest BCUT2D eigenvalue weighted by Crippen LogP contribution is -2.07. The summed E-state index contributed by atoms with van der Waals surface area (Å²) >= 11 is 1.45. The molecule has 0 bridgehead atoms. The monoisotopic (exact) mass is 432 g/mol. The number of hydrogen-bond donors (Lipinski definition) is 1. The maximum atomic E-state index is 12.3. The molecule has 1 amide bonds. The minimum Gasteiger partial charge on any atom is -0.494 e. The first-order valence-electron chi connectivity index (χ1n) is 11.0. The second-order valence-corrected chi connectivity index (χ2v) is 8.68. The summed E-state index contributed by atoms with van der Waals surface area (Å²) in [6.07, 6.45) is 10.4. The van der Waals surface area contributed by atoms with E-state index in [1.54, 1.807) is 6.08 Å². The molecule has 160 valence electrons. The third-order valence-corrected chi connectivity index (χ3v) is 6.21. The van der Waals surface area contributed by atoms with Crippen molar-refractivity contribution in [1.82, 2.24) is 4.98 Å². The van der Waals surface area contributed by atoms with Gasteiger partial charge in [0.25, 0.3) is 0 Å². The molecule has 1 heterocycles. The fourth-order valence-corrected chi connectivity index (χ4v) is 4.41. The van der Waals surface area contributed by atoms with Gasteiger partial charge >= 0.3 is 0 Å². The fourth-order valence-electron chi connectivity index (χ4n) is 3.68. The first kappa shape index (κ1) is 21.3. The van der Waals surface area contributed by atoms with Crippen molar-refractivity contribution in [3.63, 3.8) is 0 Å². The van der Waals surface area contributed by atoms with E-state index in [2.05, 4.69) is 35.4 Å². The van der Waals surface area contributed by atoms with E-state index in [0.717, 1.165) is 48.4 Å². The number of rotatable bonds is 8. The van der Waals surface area contributed by atoms with Crippen LogP contribution in [-0.4, -0.2) is 17.5 Å². The maximum absolute atomic E-state index is 12.3. The Balaban J connectivity index is 1.33. The molecule has 31 heavy (non-hydrogen) atoms. The number of aromatic nitrogens is 1. The SMILES string of the molecule is CCCCOc1ccc(/C=C/C(=O)Nc2nc(-c3ccc4c(c3)CCCC4)cs2)cc1. The Morgan fingerprint density at radius 1 is 1.13 bits per heavy atom. The van der Waals surface area contributed by atoms with Gasteiger partial charge in [0.1, 0.15) is 5.75 Å². The van der Waals surface area contributed by atoms with Gasteiger partial charge in [-0.1, -0.05) is 37.6 Å². The van der Waals surface area contributed by atoms with Gasteiger partial charge in [0.05, 0.1) is 12.3 Å². The van der Waals surface area contributed by atoms with Crippen molar-refractivity contribution in [3.05, 3.63) is 70.6 Å². The lowest BCUT2D eigenvalue weighted by atomic mass is 9.90. The smallest absolute Gasteiger partial charge is 0.250 e. The molecule has 0 fully saturated rings. The number of carbonyl (C=O) groups is 1. The molecule has 0 saturated carbocycles. The van der Waals surface area contributed by atoms with Gasteiger partial charge in [-0.15, -0.1) is 11.3 Å². The molecule has 1 aliphatic rings. The molecule has 4 nitrogen and oxygen atoms in total. The van der Waals surface area contributed by atoms with Crippen LogP contribution in [0, 0.1) is 0 Å². The molecular formula is C26H28N2O2S. The highest BCUT2D eigenvalue weighted by molar-refractivity contribution is 7.14. The Hall–Kier alpha value is -2.92. The summed E-state index contributed by atoms with van der Waals surface area (Å²) in [4.78, 5) is 16.9. The van der Waals surface area contributed by atoms with Crippen molar-refractivity contribution >= 4 is 28.5 Å². The largest absolute Gasteiger partial charge is 0.494 e. The third kappa shape index (κ3) is 5.82. The average Bonchev–Trinajstić information content (AvgIpc) is 3.27. The zero-order chi connectivity index (χ0) is 21.5. The second kappa shape index (κ2) is 10.4. The molecule has 4 rings (SSSR count). The number of unbranched alkanes of at least 4 members (excludes halogenated alkanes) is 1. The van der Waals surface area contributed by atoms with Crippen LogP contribution >= 0.6 is 11.3 Å². The first-order chi connectivity index (χ1) is 15.2. The standard InChI is InChI=1S/C26H28N2O2S/c1-2-3-16-30-23-13-8-19(9-14-23)10-15-25(29)28-26-27-24(18-31-26)22-12-11-20-6-4-5-7-21(20)17-22/h8-15,17-18H,2-7,16H2,1H3,(H,27,28,29)/b15-10+. The number of anilines is 1. The Morgan fingerprint density at radius 2 is 1.94 bits per heavy atom. The van der Waals surface area contributed by atoms with E-state index >= 15 is 0 Å². The zero-order valence-corrected chi connectivity index (χ0v) is 18.7. The number of benzene rings is 2. The zero-order valence-electron chi connectivity index (χ0n) is 17.9. The van der Waals surface area contributed by atoms with Gasteiger partial charge in [-0.2, -0.15) is 0 Å². The summed E-state index contributed by atoms with van der Waals surface area (Å²) in [7, 11) is 0. The van der Waals surface area contributed by atoms with E-state index in [0.29, 0.717) is 5.13 Å².